The Morgan fingerprint density at radius 3 is 1.75 bits per heavy atom. The summed E-state index contributed by atoms with van der Waals surface area (Å²) in [4.78, 5) is 70.9. The van der Waals surface area contributed by atoms with Crippen LogP contribution >= 0.6 is 0 Å². The summed E-state index contributed by atoms with van der Waals surface area (Å²) in [5, 5.41) is 9.38. The quantitative estimate of drug-likeness (QED) is 0.142. The normalized spacial score (nSPS) is 23.5. The number of hydrogen-bond donors (Lipinski definition) is 1. The fraction of sp³-hybridized carbons (Fsp3) is 0.442. The molecule has 2 saturated carbocycles. The van der Waals surface area contributed by atoms with Gasteiger partial charge in [-0.2, -0.15) is 26.3 Å². The van der Waals surface area contributed by atoms with E-state index in [4.69, 9.17) is 4.74 Å². The van der Waals surface area contributed by atoms with Crippen LogP contribution in [0.3, 0.4) is 0 Å². The number of rotatable bonds is 8. The van der Waals surface area contributed by atoms with Crippen molar-refractivity contribution in [1.82, 2.24) is 29.7 Å². The van der Waals surface area contributed by atoms with Crippen LogP contribution in [0.4, 0.5) is 26.3 Å². The highest BCUT2D eigenvalue weighted by atomic mass is 19.4. The van der Waals surface area contributed by atoms with Crippen LogP contribution in [-0.4, -0.2) is 91.9 Å². The fourth-order valence-corrected chi connectivity index (χ4v) is 10.1. The number of carboxylic acid groups (broad SMARTS) is 1. The molecule has 4 aromatic rings. The molecule has 2 aromatic carbocycles. The molecule has 12 nitrogen and oxygen atoms in total. The van der Waals surface area contributed by atoms with Gasteiger partial charge in [0, 0.05) is 44.0 Å². The highest BCUT2D eigenvalue weighted by Gasteiger charge is 2.48. The predicted molar refractivity (Wildman–Crippen MR) is 203 cm³/mol. The standard InChI is InChI=1S/C43H40F6N6O6/c1-21-10-33(40(58)59)52-36(50-21)38(56)54-19-27-13-24(14-28(27)20-54)31-8-5-6-22(35(31)43(47,48)49)15-29-16-34(41(60)61-2)53-37(51-29)39(57)55-17-25-11-23(12-26(25)18-55)30-7-3-4-9-32(30)42(44,45)46/h3-10,16,23-28H,11-15,17-20H2,1-2H3,(H,58,59)/t23-,24-,25-,26+,27-,28+. The summed E-state index contributed by atoms with van der Waals surface area (Å²) in [6.07, 6.45) is -8.11. The number of carboxylic acids is 1. The third-order valence-electron chi connectivity index (χ3n) is 12.7. The van der Waals surface area contributed by atoms with E-state index >= 15 is 13.2 Å². The van der Waals surface area contributed by atoms with Gasteiger partial charge in [0.1, 0.15) is 0 Å². The molecule has 8 rings (SSSR count). The number of amides is 2. The first-order valence-corrected chi connectivity index (χ1v) is 19.9. The van der Waals surface area contributed by atoms with E-state index in [2.05, 4.69) is 19.9 Å². The van der Waals surface area contributed by atoms with Crippen LogP contribution in [0.15, 0.2) is 54.6 Å². The molecule has 6 atom stereocenters. The average molecular weight is 851 g/mol. The first-order valence-electron chi connectivity index (χ1n) is 19.9. The van der Waals surface area contributed by atoms with Crippen molar-refractivity contribution in [1.29, 1.82) is 0 Å². The summed E-state index contributed by atoms with van der Waals surface area (Å²) >= 11 is 0. The molecule has 320 valence electrons. The summed E-state index contributed by atoms with van der Waals surface area (Å²) in [7, 11) is 1.10. The molecule has 4 fully saturated rings. The van der Waals surface area contributed by atoms with Crippen molar-refractivity contribution in [2.75, 3.05) is 33.3 Å². The second-order valence-electron chi connectivity index (χ2n) is 16.5. The number of hydrogen-bond acceptors (Lipinski definition) is 9. The van der Waals surface area contributed by atoms with E-state index in [0.29, 0.717) is 31.4 Å². The van der Waals surface area contributed by atoms with Gasteiger partial charge in [-0.25, -0.2) is 29.5 Å². The summed E-state index contributed by atoms with van der Waals surface area (Å²) in [6.45, 7) is 2.48. The number of ether oxygens (including phenoxy) is 1. The number of carbonyl (C=O) groups is 4. The molecule has 18 heteroatoms. The Hall–Kier alpha value is -5.94. The van der Waals surface area contributed by atoms with Gasteiger partial charge in [0.05, 0.1) is 18.2 Å². The molecular formula is C43H40F6N6O6. The minimum Gasteiger partial charge on any atom is -0.477 e. The molecular weight excluding hydrogens is 810 g/mol. The van der Waals surface area contributed by atoms with Crippen molar-refractivity contribution in [3.05, 3.63) is 117 Å². The number of alkyl halides is 6. The number of aromatic carboxylic acids is 1. The topological polar surface area (TPSA) is 156 Å². The molecule has 2 amide bonds. The van der Waals surface area contributed by atoms with Crippen molar-refractivity contribution in [3.8, 4) is 0 Å². The third kappa shape index (κ3) is 8.28. The van der Waals surface area contributed by atoms with E-state index in [1.807, 2.05) is 0 Å². The van der Waals surface area contributed by atoms with Gasteiger partial charge in [0.2, 0.25) is 11.6 Å². The smallest absolute Gasteiger partial charge is 0.416 e. The summed E-state index contributed by atoms with van der Waals surface area (Å²) in [5.74, 6) is -5.35. The van der Waals surface area contributed by atoms with Gasteiger partial charge >= 0.3 is 24.3 Å². The van der Waals surface area contributed by atoms with Crippen LogP contribution in [0.25, 0.3) is 0 Å². The maximum absolute atomic E-state index is 15.1. The van der Waals surface area contributed by atoms with E-state index in [1.165, 1.54) is 52.3 Å². The molecule has 4 heterocycles. The highest BCUT2D eigenvalue weighted by molar-refractivity contribution is 5.94. The highest BCUT2D eigenvalue weighted by Crippen LogP contribution is 2.51. The lowest BCUT2D eigenvalue weighted by Crippen LogP contribution is -2.32. The molecule has 4 aliphatic rings. The van der Waals surface area contributed by atoms with Gasteiger partial charge in [-0.15, -0.1) is 0 Å². The number of halogens is 6. The molecule has 1 N–H and O–H groups in total. The Bertz CT molecular complexity index is 2400. The number of likely N-dealkylation sites (tertiary alicyclic amines) is 2. The molecule has 0 bridgehead atoms. The Labute approximate surface area is 345 Å². The van der Waals surface area contributed by atoms with E-state index in [9.17, 15) is 37.5 Å². The molecule has 2 aliphatic carbocycles. The Morgan fingerprint density at radius 1 is 0.689 bits per heavy atom. The predicted octanol–water partition coefficient (Wildman–Crippen LogP) is 7.22. The zero-order valence-electron chi connectivity index (χ0n) is 33.0. The van der Waals surface area contributed by atoms with Crippen LogP contribution in [0.5, 0.6) is 0 Å². The number of nitrogens with zero attached hydrogens (tertiary/aromatic N) is 6. The van der Waals surface area contributed by atoms with Crippen LogP contribution in [-0.2, 0) is 23.5 Å². The molecule has 2 aliphatic heterocycles. The summed E-state index contributed by atoms with van der Waals surface area (Å²) in [6, 6.07) is 12.2. The van der Waals surface area contributed by atoms with Gasteiger partial charge in [-0.3, -0.25) is 9.59 Å². The van der Waals surface area contributed by atoms with Crippen LogP contribution in [0.2, 0.25) is 0 Å². The molecule has 2 saturated heterocycles. The van der Waals surface area contributed by atoms with Gasteiger partial charge in [-0.05, 0) is 103 Å². The number of fused-ring (bicyclic) bond motifs is 2. The number of aromatic nitrogens is 4. The number of carbonyl (C=O) groups excluding carboxylic acids is 3. The Balaban J connectivity index is 0.994. The molecule has 61 heavy (non-hydrogen) atoms. The minimum absolute atomic E-state index is 0.0218. The fourth-order valence-electron chi connectivity index (χ4n) is 10.1. The maximum Gasteiger partial charge on any atom is 0.416 e. The van der Waals surface area contributed by atoms with E-state index in [-0.39, 0.29) is 95.4 Å². The van der Waals surface area contributed by atoms with Crippen molar-refractivity contribution < 1.29 is 55.4 Å². The number of methoxy groups -OCH3 is 1. The Kier molecular flexibility index (Phi) is 10.8. The van der Waals surface area contributed by atoms with Gasteiger partial charge in [-0.1, -0.05) is 36.4 Å². The first-order chi connectivity index (χ1) is 28.9. The van der Waals surface area contributed by atoms with Gasteiger partial charge in [0.25, 0.3) is 11.8 Å². The molecule has 2 aromatic heterocycles. The second-order valence-corrected chi connectivity index (χ2v) is 16.5. The van der Waals surface area contributed by atoms with E-state index in [0.717, 1.165) is 13.2 Å². The second kappa shape index (κ2) is 15.8. The summed E-state index contributed by atoms with van der Waals surface area (Å²) < 4.78 is 91.5. The number of aryl methyl sites for hydroxylation is 1. The molecule has 0 spiro atoms. The zero-order chi connectivity index (χ0) is 43.5. The first kappa shape index (κ1) is 41.8. The third-order valence-corrected chi connectivity index (χ3v) is 12.7. The van der Waals surface area contributed by atoms with Crippen LogP contribution in [0.1, 0.15) is 119 Å². The monoisotopic (exact) mass is 850 g/mol. The van der Waals surface area contributed by atoms with E-state index in [1.54, 1.807) is 13.0 Å². The van der Waals surface area contributed by atoms with Crippen molar-refractivity contribution in [3.63, 3.8) is 0 Å². The summed E-state index contributed by atoms with van der Waals surface area (Å²) in [5.41, 5.74) is -1.68. The van der Waals surface area contributed by atoms with Gasteiger partial charge < -0.3 is 19.6 Å². The zero-order valence-corrected chi connectivity index (χ0v) is 33.0. The van der Waals surface area contributed by atoms with Crippen LogP contribution in [0, 0.1) is 30.6 Å². The number of benzene rings is 2. The lowest BCUT2D eigenvalue weighted by molar-refractivity contribution is -0.139. The molecule has 0 unspecified atom stereocenters. The van der Waals surface area contributed by atoms with Gasteiger partial charge in [0.15, 0.2) is 11.4 Å². The minimum atomic E-state index is -4.79. The number of esters is 1. The lowest BCUT2D eigenvalue weighted by atomic mass is 9.87. The average Bonchev–Trinajstić information content (AvgIpc) is 3.99. The van der Waals surface area contributed by atoms with Crippen molar-refractivity contribution >= 4 is 23.8 Å². The van der Waals surface area contributed by atoms with Crippen molar-refractivity contribution in [2.24, 2.45) is 23.7 Å². The van der Waals surface area contributed by atoms with Crippen LogP contribution < -0.4 is 0 Å². The molecule has 0 radical (unpaired) electrons. The lowest BCUT2D eigenvalue weighted by Gasteiger charge is -2.23. The van der Waals surface area contributed by atoms with E-state index < -0.39 is 65.4 Å². The SMILES string of the molecule is COC(=O)c1cc(Cc2cccc([C@@H]3C[C@@H]4CN(C(=O)c5nc(C)cc(C(=O)O)n5)C[C@@H]4C3)c2C(F)(F)F)nc(C(=O)N2C[C@H]3C[C@@H](c4ccccc4C(F)(F)F)C[C@H]3C2)n1. The Morgan fingerprint density at radius 2 is 1.21 bits per heavy atom. The maximum atomic E-state index is 15.1. The van der Waals surface area contributed by atoms with Crippen molar-refractivity contribution in [2.45, 2.75) is 63.2 Å². The largest absolute Gasteiger partial charge is 0.477 e.